The number of alkyl halides is 3. The predicted molar refractivity (Wildman–Crippen MR) is 142 cm³/mol. The molecule has 1 aliphatic heterocycles. The van der Waals surface area contributed by atoms with Gasteiger partial charge in [0, 0.05) is 51.8 Å². The summed E-state index contributed by atoms with van der Waals surface area (Å²) in [6.07, 6.45) is -3.73. The zero-order valence-corrected chi connectivity index (χ0v) is 24.2. The van der Waals surface area contributed by atoms with Gasteiger partial charge in [-0.15, -0.1) is 0 Å². The molecule has 228 valence electrons. The van der Waals surface area contributed by atoms with Gasteiger partial charge in [-0.05, 0) is 37.5 Å². The number of hydrogen-bond donors (Lipinski definition) is 1. The van der Waals surface area contributed by atoms with Crippen molar-refractivity contribution in [2.45, 2.75) is 60.6 Å². The number of piperidine rings is 1. The Morgan fingerprint density at radius 2 is 1.90 bits per heavy atom. The molecule has 1 aromatic heterocycles. The number of aromatic nitrogens is 2. The van der Waals surface area contributed by atoms with E-state index >= 15 is 0 Å². The van der Waals surface area contributed by atoms with Gasteiger partial charge in [-0.3, -0.25) is 9.48 Å². The van der Waals surface area contributed by atoms with Crippen LogP contribution in [0.5, 0.6) is 0 Å². The largest absolute Gasteiger partial charge is 0.450 e. The second-order valence-electron chi connectivity index (χ2n) is 10.5. The second-order valence-corrected chi connectivity index (χ2v) is 12.7. The van der Waals surface area contributed by atoms with Crippen LogP contribution >= 0.6 is 0 Å². The SMILES string of the molecule is CCOC(=O)N1CCC(C#N)(NC(=O)[C@@H]2C[C@@H](S(=O)(=O)c3ccc(-c4cnn(C)c4)cc3C(F)(F)F)C[C@H]2OC)CC1. The average molecular weight is 612 g/mol. The molecule has 2 amide bonds. The van der Waals surface area contributed by atoms with Gasteiger partial charge in [-0.2, -0.15) is 23.5 Å². The molecule has 1 saturated heterocycles. The Morgan fingerprint density at radius 3 is 2.45 bits per heavy atom. The number of hydrogen-bond acceptors (Lipinski definition) is 8. The van der Waals surface area contributed by atoms with E-state index in [0.717, 1.165) is 12.1 Å². The van der Waals surface area contributed by atoms with E-state index in [4.69, 9.17) is 9.47 Å². The van der Waals surface area contributed by atoms with Gasteiger partial charge in [0.2, 0.25) is 5.91 Å². The molecule has 0 bridgehead atoms. The number of methoxy groups -OCH3 is 1. The fourth-order valence-electron chi connectivity index (χ4n) is 5.55. The Morgan fingerprint density at radius 1 is 1.21 bits per heavy atom. The van der Waals surface area contributed by atoms with Crippen LogP contribution in [0.3, 0.4) is 0 Å². The maximum Gasteiger partial charge on any atom is 0.417 e. The van der Waals surface area contributed by atoms with E-state index in [2.05, 4.69) is 16.5 Å². The molecule has 15 heteroatoms. The van der Waals surface area contributed by atoms with E-state index in [1.54, 1.807) is 14.0 Å². The van der Waals surface area contributed by atoms with Crippen molar-refractivity contribution in [2.75, 3.05) is 26.8 Å². The van der Waals surface area contributed by atoms with Gasteiger partial charge in [0.25, 0.3) is 0 Å². The molecule has 1 aliphatic carbocycles. The zero-order valence-electron chi connectivity index (χ0n) is 23.3. The first-order chi connectivity index (χ1) is 19.7. The topological polar surface area (TPSA) is 144 Å². The third kappa shape index (κ3) is 6.24. The molecule has 1 aromatic carbocycles. The smallest absolute Gasteiger partial charge is 0.417 e. The van der Waals surface area contributed by atoms with E-state index in [0.29, 0.717) is 5.56 Å². The summed E-state index contributed by atoms with van der Waals surface area (Å²) < 4.78 is 81.5. The van der Waals surface area contributed by atoms with Crippen LogP contribution < -0.4 is 5.32 Å². The minimum atomic E-state index is -4.96. The second kappa shape index (κ2) is 11.9. The number of carbonyl (C=O) groups excluding carboxylic acids is 2. The molecule has 0 radical (unpaired) electrons. The Hall–Kier alpha value is -3.64. The number of benzene rings is 1. The zero-order chi connectivity index (χ0) is 30.9. The summed E-state index contributed by atoms with van der Waals surface area (Å²) >= 11 is 0. The highest BCUT2D eigenvalue weighted by Crippen LogP contribution is 2.42. The maximum atomic E-state index is 14.1. The van der Waals surface area contributed by atoms with Crippen LogP contribution in [-0.4, -0.2) is 78.8 Å². The van der Waals surface area contributed by atoms with Gasteiger partial charge >= 0.3 is 12.3 Å². The lowest BCUT2D eigenvalue weighted by molar-refractivity contribution is -0.139. The molecule has 0 spiro atoms. The van der Waals surface area contributed by atoms with Crippen molar-refractivity contribution in [3.05, 3.63) is 36.2 Å². The van der Waals surface area contributed by atoms with Gasteiger partial charge < -0.3 is 19.7 Å². The molecule has 1 N–H and O–H groups in total. The molecule has 2 aromatic rings. The fourth-order valence-corrected chi connectivity index (χ4v) is 7.55. The van der Waals surface area contributed by atoms with Crippen molar-refractivity contribution in [1.82, 2.24) is 20.0 Å². The maximum absolute atomic E-state index is 14.1. The lowest BCUT2D eigenvalue weighted by atomic mass is 9.88. The molecule has 4 rings (SSSR count). The Kier molecular flexibility index (Phi) is 8.89. The van der Waals surface area contributed by atoms with Crippen LogP contribution in [0, 0.1) is 17.2 Å². The number of sulfone groups is 1. The normalized spacial score (nSPS) is 22.4. The predicted octanol–water partition coefficient (Wildman–Crippen LogP) is 3.30. The summed E-state index contributed by atoms with van der Waals surface area (Å²) in [5.41, 5.74) is -2.06. The number of amides is 2. The van der Waals surface area contributed by atoms with Gasteiger partial charge in [0.05, 0.1) is 46.6 Å². The minimum absolute atomic E-state index is 0.123. The van der Waals surface area contributed by atoms with E-state index < -0.39 is 61.3 Å². The first-order valence-corrected chi connectivity index (χ1v) is 14.9. The number of nitrogens with one attached hydrogen (secondary N) is 1. The van der Waals surface area contributed by atoms with E-state index in [1.807, 2.05) is 0 Å². The lowest BCUT2D eigenvalue weighted by Gasteiger charge is -2.37. The van der Waals surface area contributed by atoms with Crippen LogP contribution in [0.2, 0.25) is 0 Å². The number of nitriles is 1. The van der Waals surface area contributed by atoms with Crippen LogP contribution in [0.15, 0.2) is 35.5 Å². The molecular formula is C27H32F3N5O6S. The van der Waals surface area contributed by atoms with Crippen molar-refractivity contribution in [2.24, 2.45) is 13.0 Å². The van der Waals surface area contributed by atoms with Gasteiger partial charge in [0.15, 0.2) is 9.84 Å². The number of nitrogens with zero attached hydrogens (tertiary/aromatic N) is 4. The third-order valence-electron chi connectivity index (χ3n) is 7.89. The van der Waals surface area contributed by atoms with Crippen LogP contribution in [0.25, 0.3) is 11.1 Å². The van der Waals surface area contributed by atoms with Gasteiger partial charge in [-0.25, -0.2) is 13.2 Å². The molecule has 42 heavy (non-hydrogen) atoms. The van der Waals surface area contributed by atoms with E-state index in [1.165, 1.54) is 35.2 Å². The molecule has 0 unspecified atom stereocenters. The number of carbonyl (C=O) groups is 2. The summed E-state index contributed by atoms with van der Waals surface area (Å²) in [7, 11) is -1.65. The van der Waals surface area contributed by atoms with Crippen LogP contribution in [0.1, 0.15) is 38.2 Å². The summed E-state index contributed by atoms with van der Waals surface area (Å²) in [6.45, 7) is 2.19. The summed E-state index contributed by atoms with van der Waals surface area (Å²) in [4.78, 5) is 26.0. The molecule has 1 saturated carbocycles. The first-order valence-electron chi connectivity index (χ1n) is 13.4. The van der Waals surface area contributed by atoms with Crippen molar-refractivity contribution >= 4 is 21.8 Å². The number of halogens is 3. The summed E-state index contributed by atoms with van der Waals surface area (Å²) in [6, 6.07) is 5.13. The molecule has 2 heterocycles. The summed E-state index contributed by atoms with van der Waals surface area (Å²) in [5.74, 6) is -1.65. The van der Waals surface area contributed by atoms with Gasteiger partial charge in [-0.1, -0.05) is 6.07 Å². The van der Waals surface area contributed by atoms with Gasteiger partial charge in [0.1, 0.15) is 5.54 Å². The monoisotopic (exact) mass is 611 g/mol. The Balaban J connectivity index is 1.55. The first kappa shape index (κ1) is 31.3. The quantitative estimate of drug-likeness (QED) is 0.503. The van der Waals surface area contributed by atoms with Crippen LogP contribution in [0.4, 0.5) is 18.0 Å². The number of rotatable bonds is 7. The molecular weight excluding hydrogens is 579 g/mol. The lowest BCUT2D eigenvalue weighted by Crippen LogP contribution is -2.57. The van der Waals surface area contributed by atoms with Crippen LogP contribution in [-0.2, 0) is 37.3 Å². The molecule has 2 fully saturated rings. The molecule has 3 atom stereocenters. The average Bonchev–Trinajstić information content (AvgIpc) is 3.60. The van der Waals surface area contributed by atoms with E-state index in [-0.39, 0.29) is 50.9 Å². The molecule has 11 nitrogen and oxygen atoms in total. The number of ether oxygens (including phenoxy) is 2. The standard InChI is InChI=1S/C27H32F3N5O6S/c1-4-41-25(37)35-9-7-26(16-31,8-10-35)33-24(36)20-12-19(13-22(20)40-3)42(38,39)23-6-5-17(11-21(23)27(28,29)30)18-14-32-34(2)15-18/h5-6,11,14-15,19-20,22H,4,7-10,12-13H2,1-3H3,(H,33,36)/t19-,20-,22-/m1/s1. The van der Waals surface area contributed by atoms with Crippen molar-refractivity contribution in [1.29, 1.82) is 5.26 Å². The number of likely N-dealkylation sites (tertiary alicyclic amines) is 1. The highest BCUT2D eigenvalue weighted by Gasteiger charge is 2.49. The summed E-state index contributed by atoms with van der Waals surface area (Å²) in [5, 5.41) is 15.2. The Bertz CT molecular complexity index is 1480. The Labute approximate surface area is 241 Å². The highest BCUT2D eigenvalue weighted by atomic mass is 32.2. The van der Waals surface area contributed by atoms with Crippen molar-refractivity contribution < 1.29 is 40.7 Å². The van der Waals surface area contributed by atoms with Crippen molar-refractivity contribution in [3.8, 4) is 17.2 Å². The third-order valence-corrected chi connectivity index (χ3v) is 10.1. The van der Waals surface area contributed by atoms with Crippen molar-refractivity contribution in [3.63, 3.8) is 0 Å². The molecule has 2 aliphatic rings. The van der Waals surface area contributed by atoms with E-state index in [9.17, 15) is 36.4 Å². The minimum Gasteiger partial charge on any atom is -0.450 e. The fraction of sp³-hybridized carbons (Fsp3) is 0.556. The highest BCUT2D eigenvalue weighted by molar-refractivity contribution is 7.92. The number of aryl methyl sites for hydroxylation is 1.